The molecule has 0 radical (unpaired) electrons. The Morgan fingerprint density at radius 2 is 1.80 bits per heavy atom. The number of fused-ring (bicyclic) bond motifs is 2. The summed E-state index contributed by atoms with van der Waals surface area (Å²) in [6.07, 6.45) is 9.13. The van der Waals surface area contributed by atoms with Gasteiger partial charge in [0.1, 0.15) is 0 Å². The van der Waals surface area contributed by atoms with Gasteiger partial charge >= 0.3 is 0 Å². The predicted octanol–water partition coefficient (Wildman–Crippen LogP) is 1.89. The number of allylic oxidation sites excluding steroid dienone is 6. The molecule has 0 atom stereocenters. The molecule has 1 aromatic rings. The lowest BCUT2D eigenvalue weighted by Gasteiger charge is -2.16. The summed E-state index contributed by atoms with van der Waals surface area (Å²) in [7, 11) is 5.76. The first kappa shape index (κ1) is 20.1. The summed E-state index contributed by atoms with van der Waals surface area (Å²) in [6.45, 7) is 1.42. The third-order valence-electron chi connectivity index (χ3n) is 5.52. The molecule has 0 fully saturated rings. The third kappa shape index (κ3) is 3.36. The maximum absolute atomic E-state index is 13.5. The van der Waals surface area contributed by atoms with Crippen LogP contribution in [0.25, 0.3) is 5.57 Å². The molecular weight excluding hydrogens is 380 g/mol. The van der Waals surface area contributed by atoms with E-state index in [1.165, 1.54) is 12.2 Å². The highest BCUT2D eigenvalue weighted by atomic mass is 16.1. The lowest BCUT2D eigenvalue weighted by molar-refractivity contribution is -0.110. The molecule has 0 bridgehead atoms. The van der Waals surface area contributed by atoms with Gasteiger partial charge in [-0.2, -0.15) is 0 Å². The first-order chi connectivity index (χ1) is 14.4. The van der Waals surface area contributed by atoms with E-state index in [2.05, 4.69) is 15.3 Å². The monoisotopic (exact) mass is 404 g/mol. The summed E-state index contributed by atoms with van der Waals surface area (Å²) >= 11 is 0. The van der Waals surface area contributed by atoms with Crippen LogP contribution in [0.1, 0.15) is 38.5 Å². The second kappa shape index (κ2) is 7.93. The van der Waals surface area contributed by atoms with Gasteiger partial charge in [-0.25, -0.2) is 0 Å². The average molecular weight is 404 g/mol. The van der Waals surface area contributed by atoms with E-state index in [-0.39, 0.29) is 23.0 Å². The number of aromatic nitrogens is 1. The van der Waals surface area contributed by atoms with Crippen molar-refractivity contribution in [3.8, 4) is 0 Å². The summed E-state index contributed by atoms with van der Waals surface area (Å²) in [6, 6.07) is 0. The molecule has 7 heteroatoms. The van der Waals surface area contributed by atoms with E-state index in [0.29, 0.717) is 53.1 Å². The molecule has 2 N–H and O–H groups in total. The van der Waals surface area contributed by atoms with Crippen molar-refractivity contribution in [2.24, 2.45) is 4.99 Å². The van der Waals surface area contributed by atoms with Gasteiger partial charge in [-0.15, -0.1) is 0 Å². The maximum atomic E-state index is 13.5. The molecule has 0 saturated carbocycles. The van der Waals surface area contributed by atoms with Gasteiger partial charge in [0.2, 0.25) is 5.78 Å². The molecule has 1 aromatic heterocycles. The second-order valence-corrected chi connectivity index (χ2v) is 7.82. The lowest BCUT2D eigenvalue weighted by Crippen LogP contribution is -2.19. The molecule has 0 spiro atoms. The number of likely N-dealkylation sites (N-methyl/N-ethyl adjacent to an activating group) is 1. The minimum absolute atomic E-state index is 0.131. The molecular formula is C23H24N4O3. The third-order valence-corrected chi connectivity index (χ3v) is 5.52. The fourth-order valence-corrected chi connectivity index (χ4v) is 3.98. The van der Waals surface area contributed by atoms with Crippen molar-refractivity contribution < 1.29 is 14.4 Å². The van der Waals surface area contributed by atoms with Crippen LogP contribution in [-0.4, -0.2) is 67.7 Å². The minimum Gasteiger partial charge on any atom is -0.351 e. The summed E-state index contributed by atoms with van der Waals surface area (Å²) in [5.74, 6) is -0.590. The van der Waals surface area contributed by atoms with Gasteiger partial charge in [0.15, 0.2) is 11.6 Å². The Balaban J connectivity index is 1.81. The van der Waals surface area contributed by atoms with Gasteiger partial charge < -0.3 is 15.2 Å². The Morgan fingerprint density at radius 3 is 2.53 bits per heavy atom. The van der Waals surface area contributed by atoms with E-state index in [0.717, 1.165) is 12.1 Å². The minimum atomic E-state index is -0.250. The number of nitrogens with zero attached hydrogens (tertiary/aromatic N) is 2. The van der Waals surface area contributed by atoms with Crippen LogP contribution < -0.4 is 5.32 Å². The van der Waals surface area contributed by atoms with E-state index in [9.17, 15) is 14.4 Å². The van der Waals surface area contributed by atoms with E-state index in [1.54, 1.807) is 12.3 Å². The molecule has 4 rings (SSSR count). The van der Waals surface area contributed by atoms with Crippen LogP contribution >= 0.6 is 0 Å². The molecule has 0 saturated heterocycles. The maximum Gasteiger partial charge on any atom is 0.202 e. The predicted molar refractivity (Wildman–Crippen MR) is 116 cm³/mol. The van der Waals surface area contributed by atoms with Crippen LogP contribution in [0.3, 0.4) is 0 Å². The molecule has 0 amide bonds. The standard InChI is InChI=1S/C23H24N4O3/c1-24-10-8-13-12-25-16-5-4-15(23(30)19(13)16)21-14(9-11-27(2)3)20-17(28)6-7-18(29)22(20)26-21/h4-7,12,24,26H,8-11H2,1-3H3. The Morgan fingerprint density at radius 1 is 1.03 bits per heavy atom. The van der Waals surface area contributed by atoms with Gasteiger partial charge in [0.25, 0.3) is 0 Å². The number of Topliss-reactive ketones (excluding diaryl/α,β-unsaturated/α-hetero) is 1. The topological polar surface area (TPSA) is 94.6 Å². The van der Waals surface area contributed by atoms with Crippen LogP contribution in [0.15, 0.2) is 46.1 Å². The highest BCUT2D eigenvalue weighted by Gasteiger charge is 2.34. The van der Waals surface area contributed by atoms with E-state index >= 15 is 0 Å². The molecule has 0 unspecified atom stereocenters. The SMILES string of the molecule is CNCCC1=C2C(=O)C(c3[nH]c4c(c3CCN(C)C)C(=O)C=CC4=O)=CC=C2N=C1. The number of ketones is 3. The number of H-pyrrole nitrogens is 1. The van der Waals surface area contributed by atoms with Crippen LogP contribution in [-0.2, 0) is 11.2 Å². The Bertz CT molecular complexity index is 1110. The van der Waals surface area contributed by atoms with Gasteiger partial charge in [-0.3, -0.25) is 19.4 Å². The summed E-state index contributed by atoms with van der Waals surface area (Å²) in [5, 5.41) is 3.09. The van der Waals surface area contributed by atoms with Crippen LogP contribution in [0.2, 0.25) is 0 Å². The second-order valence-electron chi connectivity index (χ2n) is 7.82. The van der Waals surface area contributed by atoms with Crippen molar-refractivity contribution in [3.05, 3.63) is 63.7 Å². The number of carbonyl (C=O) groups is 3. The van der Waals surface area contributed by atoms with Gasteiger partial charge in [0.05, 0.1) is 28.2 Å². The van der Waals surface area contributed by atoms with E-state index in [4.69, 9.17) is 0 Å². The van der Waals surface area contributed by atoms with Crippen LogP contribution in [0.4, 0.5) is 0 Å². The van der Waals surface area contributed by atoms with Crippen molar-refractivity contribution in [1.82, 2.24) is 15.2 Å². The van der Waals surface area contributed by atoms with E-state index < -0.39 is 0 Å². The number of hydrogen-bond donors (Lipinski definition) is 2. The highest BCUT2D eigenvalue weighted by Crippen LogP contribution is 2.37. The number of aromatic amines is 1. The first-order valence-corrected chi connectivity index (χ1v) is 9.98. The highest BCUT2D eigenvalue weighted by molar-refractivity contribution is 6.34. The van der Waals surface area contributed by atoms with Crippen molar-refractivity contribution >= 4 is 29.1 Å². The normalized spacial score (nSPS) is 17.7. The molecule has 1 aliphatic heterocycles. The molecule has 3 aliphatic rings. The molecule has 2 aliphatic carbocycles. The number of rotatable bonds is 7. The molecule has 30 heavy (non-hydrogen) atoms. The summed E-state index contributed by atoms with van der Waals surface area (Å²) in [4.78, 5) is 48.0. The summed E-state index contributed by atoms with van der Waals surface area (Å²) in [5.41, 5.74) is 4.54. The summed E-state index contributed by atoms with van der Waals surface area (Å²) < 4.78 is 0. The first-order valence-electron chi connectivity index (χ1n) is 9.98. The molecule has 2 heterocycles. The molecule has 0 aromatic carbocycles. The van der Waals surface area contributed by atoms with Gasteiger partial charge in [0, 0.05) is 18.3 Å². The Kier molecular flexibility index (Phi) is 5.32. The average Bonchev–Trinajstić information content (AvgIpc) is 3.30. The number of hydrogen-bond acceptors (Lipinski definition) is 6. The largest absolute Gasteiger partial charge is 0.351 e. The zero-order valence-electron chi connectivity index (χ0n) is 17.3. The van der Waals surface area contributed by atoms with E-state index in [1.807, 2.05) is 32.1 Å². The smallest absolute Gasteiger partial charge is 0.202 e. The number of nitrogens with one attached hydrogen (secondary N) is 2. The fraction of sp³-hybridized carbons (Fsp3) is 0.304. The van der Waals surface area contributed by atoms with Crippen LogP contribution in [0.5, 0.6) is 0 Å². The van der Waals surface area contributed by atoms with Crippen molar-refractivity contribution in [2.75, 3.05) is 34.2 Å². The Labute approximate surface area is 174 Å². The van der Waals surface area contributed by atoms with Gasteiger partial charge in [-0.1, -0.05) is 0 Å². The lowest BCUT2D eigenvalue weighted by atomic mass is 9.87. The van der Waals surface area contributed by atoms with Gasteiger partial charge in [-0.05, 0) is 76.0 Å². The fourth-order valence-electron chi connectivity index (χ4n) is 3.98. The van der Waals surface area contributed by atoms with Crippen LogP contribution in [0, 0.1) is 0 Å². The van der Waals surface area contributed by atoms with Crippen molar-refractivity contribution in [3.63, 3.8) is 0 Å². The van der Waals surface area contributed by atoms with Crippen molar-refractivity contribution in [2.45, 2.75) is 12.8 Å². The number of carbonyl (C=O) groups excluding carboxylic acids is 3. The van der Waals surface area contributed by atoms with Crippen molar-refractivity contribution in [1.29, 1.82) is 0 Å². The number of aliphatic imine (C=N–C) groups is 1. The zero-order valence-corrected chi connectivity index (χ0v) is 17.3. The zero-order chi connectivity index (χ0) is 21.4. The molecule has 7 nitrogen and oxygen atoms in total. The Hall–Kier alpha value is -3.16. The quantitative estimate of drug-likeness (QED) is 0.724. The molecule has 154 valence electrons.